The van der Waals surface area contributed by atoms with Gasteiger partial charge in [-0.3, -0.25) is 0 Å². The lowest BCUT2D eigenvalue weighted by Gasteiger charge is -2.40. The normalized spacial score (nSPS) is 30.5. The highest BCUT2D eigenvalue weighted by Crippen LogP contribution is 2.32. The first-order chi connectivity index (χ1) is 7.93. The molecule has 0 aromatic heterocycles. The molecule has 1 aliphatic rings. The summed E-state index contributed by atoms with van der Waals surface area (Å²) in [6, 6.07) is 0. The first kappa shape index (κ1) is 15.0. The molecule has 1 rings (SSSR count). The summed E-state index contributed by atoms with van der Waals surface area (Å²) in [5.74, 6) is 0. The molecule has 0 N–H and O–H groups in total. The standard InChI is InChI=1S/C15H30O2/c1-6-7-8-9-10-13-11-12(2)16-14(17-13)15(3,4)5/h12-14H,6-11H2,1-5H3/t12-,13+,14?/m1/s1. The van der Waals surface area contributed by atoms with Crippen LogP contribution in [0.1, 0.15) is 73.1 Å². The van der Waals surface area contributed by atoms with E-state index in [1.807, 2.05) is 0 Å². The van der Waals surface area contributed by atoms with Crippen LogP contribution in [-0.2, 0) is 9.47 Å². The average molecular weight is 242 g/mol. The highest BCUT2D eigenvalue weighted by Gasteiger charge is 2.35. The number of hydrogen-bond acceptors (Lipinski definition) is 2. The van der Waals surface area contributed by atoms with E-state index in [9.17, 15) is 0 Å². The average Bonchev–Trinajstić information content (AvgIpc) is 2.22. The highest BCUT2D eigenvalue weighted by atomic mass is 16.7. The lowest BCUT2D eigenvalue weighted by Crippen LogP contribution is -2.43. The lowest BCUT2D eigenvalue weighted by molar-refractivity contribution is -0.276. The van der Waals surface area contributed by atoms with E-state index < -0.39 is 0 Å². The van der Waals surface area contributed by atoms with Gasteiger partial charge in [0.2, 0.25) is 0 Å². The number of hydrogen-bond donors (Lipinski definition) is 0. The number of unbranched alkanes of at least 4 members (excludes halogenated alkanes) is 3. The second-order valence-corrected chi connectivity index (χ2v) is 6.49. The minimum Gasteiger partial charge on any atom is -0.349 e. The fourth-order valence-corrected chi connectivity index (χ4v) is 2.29. The SMILES string of the molecule is CCCCCC[C@H]1C[C@@H](C)OC(C(C)(C)C)O1. The molecular weight excluding hydrogens is 212 g/mol. The van der Waals surface area contributed by atoms with Gasteiger partial charge >= 0.3 is 0 Å². The van der Waals surface area contributed by atoms with Gasteiger partial charge in [-0.1, -0.05) is 53.4 Å². The van der Waals surface area contributed by atoms with Crippen molar-refractivity contribution in [1.82, 2.24) is 0 Å². The number of rotatable bonds is 5. The summed E-state index contributed by atoms with van der Waals surface area (Å²) in [6.45, 7) is 11.0. The molecule has 2 heteroatoms. The first-order valence-electron chi connectivity index (χ1n) is 7.24. The molecule has 2 nitrogen and oxygen atoms in total. The maximum atomic E-state index is 6.08. The molecule has 0 aliphatic carbocycles. The molecule has 0 saturated carbocycles. The van der Waals surface area contributed by atoms with E-state index in [4.69, 9.17) is 9.47 Å². The molecule has 0 aromatic rings. The molecule has 102 valence electrons. The van der Waals surface area contributed by atoms with Gasteiger partial charge in [0.1, 0.15) is 0 Å². The second kappa shape index (κ2) is 6.75. The Morgan fingerprint density at radius 3 is 2.35 bits per heavy atom. The predicted octanol–water partition coefficient (Wildman–Crippen LogP) is 4.52. The Bertz CT molecular complexity index is 207. The summed E-state index contributed by atoms with van der Waals surface area (Å²) < 4.78 is 12.0. The zero-order valence-corrected chi connectivity index (χ0v) is 12.3. The van der Waals surface area contributed by atoms with E-state index in [1.165, 1.54) is 32.1 Å². The summed E-state index contributed by atoms with van der Waals surface area (Å²) in [5.41, 5.74) is 0.0797. The smallest absolute Gasteiger partial charge is 0.163 e. The van der Waals surface area contributed by atoms with Gasteiger partial charge in [0.15, 0.2) is 6.29 Å². The molecule has 0 spiro atoms. The molecule has 1 saturated heterocycles. The van der Waals surface area contributed by atoms with Crippen LogP contribution in [0.25, 0.3) is 0 Å². The van der Waals surface area contributed by atoms with E-state index >= 15 is 0 Å². The van der Waals surface area contributed by atoms with E-state index in [0.717, 1.165) is 6.42 Å². The van der Waals surface area contributed by atoms with Crippen LogP contribution in [0.2, 0.25) is 0 Å². The predicted molar refractivity (Wildman–Crippen MR) is 72.0 cm³/mol. The summed E-state index contributed by atoms with van der Waals surface area (Å²) in [5, 5.41) is 0. The molecule has 0 bridgehead atoms. The lowest BCUT2D eigenvalue weighted by atomic mass is 9.94. The molecule has 1 fully saturated rings. The van der Waals surface area contributed by atoms with Crippen molar-refractivity contribution in [2.75, 3.05) is 0 Å². The topological polar surface area (TPSA) is 18.5 Å². The van der Waals surface area contributed by atoms with Crippen molar-refractivity contribution in [3.05, 3.63) is 0 Å². The van der Waals surface area contributed by atoms with Gasteiger partial charge in [-0.15, -0.1) is 0 Å². The van der Waals surface area contributed by atoms with Crippen LogP contribution in [0, 0.1) is 5.41 Å². The van der Waals surface area contributed by atoms with E-state index in [2.05, 4.69) is 34.6 Å². The Balaban J connectivity index is 2.35. The Hall–Kier alpha value is -0.0800. The minimum absolute atomic E-state index is 0.0394. The largest absolute Gasteiger partial charge is 0.349 e. The molecule has 0 radical (unpaired) electrons. The van der Waals surface area contributed by atoms with Gasteiger partial charge in [0.25, 0.3) is 0 Å². The fraction of sp³-hybridized carbons (Fsp3) is 1.00. The maximum Gasteiger partial charge on any atom is 0.163 e. The van der Waals surface area contributed by atoms with Crippen LogP contribution in [0.4, 0.5) is 0 Å². The molecule has 0 amide bonds. The van der Waals surface area contributed by atoms with Gasteiger partial charge in [0, 0.05) is 5.41 Å². The zero-order chi connectivity index (χ0) is 12.9. The molecule has 1 heterocycles. The van der Waals surface area contributed by atoms with Crippen molar-refractivity contribution in [2.24, 2.45) is 5.41 Å². The minimum atomic E-state index is -0.0394. The molecule has 3 atom stereocenters. The Morgan fingerprint density at radius 1 is 1.06 bits per heavy atom. The van der Waals surface area contributed by atoms with Crippen LogP contribution < -0.4 is 0 Å². The van der Waals surface area contributed by atoms with Crippen molar-refractivity contribution in [2.45, 2.75) is 91.6 Å². The Kier molecular flexibility index (Phi) is 5.94. The van der Waals surface area contributed by atoms with E-state index in [1.54, 1.807) is 0 Å². The van der Waals surface area contributed by atoms with Crippen LogP contribution in [0.5, 0.6) is 0 Å². The van der Waals surface area contributed by atoms with E-state index in [0.29, 0.717) is 12.2 Å². The fourth-order valence-electron chi connectivity index (χ4n) is 2.29. The number of ether oxygens (including phenoxy) is 2. The van der Waals surface area contributed by atoms with Crippen molar-refractivity contribution in [1.29, 1.82) is 0 Å². The highest BCUT2D eigenvalue weighted by molar-refractivity contribution is 4.76. The summed E-state index contributed by atoms with van der Waals surface area (Å²) in [6.07, 6.45) is 8.23. The third kappa shape index (κ3) is 5.39. The van der Waals surface area contributed by atoms with Crippen LogP contribution in [0.15, 0.2) is 0 Å². The molecule has 17 heavy (non-hydrogen) atoms. The van der Waals surface area contributed by atoms with Gasteiger partial charge in [0.05, 0.1) is 12.2 Å². The van der Waals surface area contributed by atoms with Crippen LogP contribution in [0.3, 0.4) is 0 Å². The van der Waals surface area contributed by atoms with Gasteiger partial charge < -0.3 is 9.47 Å². The Morgan fingerprint density at radius 2 is 1.76 bits per heavy atom. The van der Waals surface area contributed by atoms with Gasteiger partial charge in [-0.2, -0.15) is 0 Å². The first-order valence-corrected chi connectivity index (χ1v) is 7.24. The van der Waals surface area contributed by atoms with Crippen molar-refractivity contribution >= 4 is 0 Å². The van der Waals surface area contributed by atoms with Gasteiger partial charge in [-0.25, -0.2) is 0 Å². The zero-order valence-electron chi connectivity index (χ0n) is 12.3. The van der Waals surface area contributed by atoms with Gasteiger partial charge in [-0.05, 0) is 19.8 Å². The third-order valence-electron chi connectivity index (χ3n) is 3.35. The van der Waals surface area contributed by atoms with E-state index in [-0.39, 0.29) is 11.7 Å². The van der Waals surface area contributed by atoms with Crippen molar-refractivity contribution < 1.29 is 9.47 Å². The maximum absolute atomic E-state index is 6.08. The molecular formula is C15H30O2. The summed E-state index contributed by atoms with van der Waals surface area (Å²) >= 11 is 0. The molecule has 1 unspecified atom stereocenters. The van der Waals surface area contributed by atoms with Crippen molar-refractivity contribution in [3.8, 4) is 0 Å². The summed E-state index contributed by atoms with van der Waals surface area (Å²) in [7, 11) is 0. The van der Waals surface area contributed by atoms with Crippen LogP contribution >= 0.6 is 0 Å². The van der Waals surface area contributed by atoms with Crippen molar-refractivity contribution in [3.63, 3.8) is 0 Å². The summed E-state index contributed by atoms with van der Waals surface area (Å²) in [4.78, 5) is 0. The molecule has 1 aliphatic heterocycles. The van der Waals surface area contributed by atoms with Crippen LogP contribution in [-0.4, -0.2) is 18.5 Å². The monoisotopic (exact) mass is 242 g/mol. The second-order valence-electron chi connectivity index (χ2n) is 6.49. The third-order valence-corrected chi connectivity index (χ3v) is 3.35. The Labute approximate surface area is 107 Å². The molecule has 0 aromatic carbocycles. The quantitative estimate of drug-likeness (QED) is 0.660.